The van der Waals surface area contributed by atoms with Crippen LogP contribution in [0.15, 0.2) is 60.9 Å². The zero-order valence-corrected chi connectivity index (χ0v) is 16.1. The Morgan fingerprint density at radius 3 is 2.00 bits per heavy atom. The van der Waals surface area contributed by atoms with Gasteiger partial charge < -0.3 is 20.3 Å². The van der Waals surface area contributed by atoms with Gasteiger partial charge in [0.2, 0.25) is 0 Å². The fourth-order valence-electron chi connectivity index (χ4n) is 3.32. The predicted octanol–water partition coefficient (Wildman–Crippen LogP) is 4.96. The van der Waals surface area contributed by atoms with E-state index >= 15 is 0 Å². The molecule has 0 atom stereocenters. The second kappa shape index (κ2) is 8.61. The Kier molecular flexibility index (Phi) is 5.56. The molecule has 28 heavy (non-hydrogen) atoms. The van der Waals surface area contributed by atoms with Crippen LogP contribution in [0, 0.1) is 0 Å². The van der Waals surface area contributed by atoms with Crippen molar-refractivity contribution in [2.24, 2.45) is 0 Å². The highest BCUT2D eigenvalue weighted by atomic mass is 16.5. The van der Waals surface area contributed by atoms with E-state index in [-0.39, 0.29) is 0 Å². The van der Waals surface area contributed by atoms with Gasteiger partial charge in [0.25, 0.3) is 0 Å². The predicted molar refractivity (Wildman–Crippen MR) is 114 cm³/mol. The molecule has 1 saturated heterocycles. The molecule has 3 aromatic rings. The minimum Gasteiger partial charge on any atom is -0.494 e. The fraction of sp³-hybridized carbons (Fsp3) is 0.273. The highest BCUT2D eigenvalue weighted by molar-refractivity contribution is 5.65. The van der Waals surface area contributed by atoms with E-state index < -0.39 is 0 Å². The molecule has 0 amide bonds. The molecule has 2 heterocycles. The summed E-state index contributed by atoms with van der Waals surface area (Å²) in [5.41, 5.74) is 3.24. The van der Waals surface area contributed by atoms with Crippen molar-refractivity contribution < 1.29 is 4.74 Å². The first-order valence-electron chi connectivity index (χ1n) is 9.74. The molecule has 144 valence electrons. The molecule has 4 rings (SSSR count). The summed E-state index contributed by atoms with van der Waals surface area (Å²) in [7, 11) is 0. The van der Waals surface area contributed by atoms with Gasteiger partial charge >= 0.3 is 0 Å². The minimum atomic E-state index is 0.659. The summed E-state index contributed by atoms with van der Waals surface area (Å²) in [6.07, 6.45) is 4.12. The quantitative estimate of drug-likeness (QED) is 0.608. The SMILES string of the molecule is CCOc1ccc(Nc2cc(Nc3ccc(N4CCCC4)cc3)ncn2)cc1. The van der Waals surface area contributed by atoms with E-state index in [0.29, 0.717) is 6.61 Å². The first-order chi connectivity index (χ1) is 13.8. The monoisotopic (exact) mass is 375 g/mol. The minimum absolute atomic E-state index is 0.659. The molecular weight excluding hydrogens is 350 g/mol. The van der Waals surface area contributed by atoms with Crippen LogP contribution in [0.1, 0.15) is 19.8 Å². The zero-order chi connectivity index (χ0) is 19.2. The van der Waals surface area contributed by atoms with Crippen LogP contribution in [0.25, 0.3) is 0 Å². The van der Waals surface area contributed by atoms with Crippen molar-refractivity contribution in [1.29, 1.82) is 0 Å². The number of rotatable bonds is 7. The lowest BCUT2D eigenvalue weighted by atomic mass is 10.2. The van der Waals surface area contributed by atoms with E-state index in [1.807, 2.05) is 37.3 Å². The van der Waals surface area contributed by atoms with Crippen LogP contribution in [-0.4, -0.2) is 29.7 Å². The first kappa shape index (κ1) is 18.1. The topological polar surface area (TPSA) is 62.3 Å². The van der Waals surface area contributed by atoms with Crippen molar-refractivity contribution in [3.05, 3.63) is 60.9 Å². The highest BCUT2D eigenvalue weighted by Crippen LogP contribution is 2.24. The Balaban J connectivity index is 1.40. The Morgan fingerprint density at radius 2 is 1.43 bits per heavy atom. The van der Waals surface area contributed by atoms with Crippen LogP contribution in [-0.2, 0) is 0 Å². The molecule has 0 aliphatic carbocycles. The number of hydrogen-bond donors (Lipinski definition) is 2. The molecular formula is C22H25N5O. The van der Waals surface area contributed by atoms with Crippen molar-refractivity contribution in [2.75, 3.05) is 35.2 Å². The normalized spacial score (nSPS) is 13.4. The molecule has 0 spiro atoms. The molecule has 1 fully saturated rings. The molecule has 0 unspecified atom stereocenters. The molecule has 6 heteroatoms. The van der Waals surface area contributed by atoms with E-state index in [1.54, 1.807) is 6.33 Å². The Labute approximate surface area is 165 Å². The molecule has 0 saturated carbocycles. The van der Waals surface area contributed by atoms with Gasteiger partial charge in [0.1, 0.15) is 23.7 Å². The summed E-state index contributed by atoms with van der Waals surface area (Å²) in [6, 6.07) is 18.2. The Hall–Kier alpha value is -3.28. The van der Waals surface area contributed by atoms with E-state index in [4.69, 9.17) is 4.74 Å². The van der Waals surface area contributed by atoms with E-state index in [0.717, 1.165) is 41.8 Å². The summed E-state index contributed by atoms with van der Waals surface area (Å²) >= 11 is 0. The highest BCUT2D eigenvalue weighted by Gasteiger charge is 2.11. The number of nitrogens with one attached hydrogen (secondary N) is 2. The van der Waals surface area contributed by atoms with Gasteiger partial charge in [0, 0.05) is 36.2 Å². The lowest BCUT2D eigenvalue weighted by Gasteiger charge is -2.18. The summed E-state index contributed by atoms with van der Waals surface area (Å²) < 4.78 is 5.47. The second-order valence-corrected chi connectivity index (χ2v) is 6.74. The van der Waals surface area contributed by atoms with Crippen LogP contribution in [0.2, 0.25) is 0 Å². The fourth-order valence-corrected chi connectivity index (χ4v) is 3.32. The van der Waals surface area contributed by atoms with Crippen molar-refractivity contribution >= 4 is 28.7 Å². The average Bonchev–Trinajstić information content (AvgIpc) is 3.26. The lowest BCUT2D eigenvalue weighted by Crippen LogP contribution is -2.17. The summed E-state index contributed by atoms with van der Waals surface area (Å²) in [5.74, 6) is 2.34. The molecule has 1 aromatic heterocycles. The van der Waals surface area contributed by atoms with Crippen molar-refractivity contribution in [3.63, 3.8) is 0 Å². The smallest absolute Gasteiger partial charge is 0.135 e. The Bertz CT molecular complexity index is 890. The number of nitrogens with zero attached hydrogens (tertiary/aromatic N) is 3. The van der Waals surface area contributed by atoms with Gasteiger partial charge in [-0.1, -0.05) is 0 Å². The molecule has 1 aliphatic heterocycles. The van der Waals surface area contributed by atoms with Gasteiger partial charge in [-0.15, -0.1) is 0 Å². The maximum atomic E-state index is 5.47. The van der Waals surface area contributed by atoms with Crippen LogP contribution >= 0.6 is 0 Å². The molecule has 0 bridgehead atoms. The maximum Gasteiger partial charge on any atom is 0.135 e. The van der Waals surface area contributed by atoms with Crippen molar-refractivity contribution in [1.82, 2.24) is 9.97 Å². The third-order valence-electron chi connectivity index (χ3n) is 4.72. The molecule has 0 radical (unpaired) electrons. The van der Waals surface area contributed by atoms with Gasteiger partial charge in [-0.05, 0) is 68.3 Å². The van der Waals surface area contributed by atoms with Crippen LogP contribution in [0.4, 0.5) is 28.7 Å². The number of benzene rings is 2. The summed E-state index contributed by atoms with van der Waals surface area (Å²) in [4.78, 5) is 11.0. The summed E-state index contributed by atoms with van der Waals surface area (Å²) in [5, 5.41) is 6.64. The molecule has 2 N–H and O–H groups in total. The first-order valence-corrected chi connectivity index (χ1v) is 9.74. The molecule has 1 aliphatic rings. The van der Waals surface area contributed by atoms with Gasteiger partial charge in [-0.25, -0.2) is 9.97 Å². The van der Waals surface area contributed by atoms with Crippen LogP contribution in [0.5, 0.6) is 5.75 Å². The maximum absolute atomic E-state index is 5.47. The van der Waals surface area contributed by atoms with E-state index in [2.05, 4.69) is 49.8 Å². The largest absolute Gasteiger partial charge is 0.494 e. The Morgan fingerprint density at radius 1 is 0.857 bits per heavy atom. The molecule has 6 nitrogen and oxygen atoms in total. The molecule has 2 aromatic carbocycles. The van der Waals surface area contributed by atoms with Gasteiger partial charge in [-0.2, -0.15) is 0 Å². The average molecular weight is 375 g/mol. The van der Waals surface area contributed by atoms with Gasteiger partial charge in [0.05, 0.1) is 6.61 Å². The second-order valence-electron chi connectivity index (χ2n) is 6.74. The third kappa shape index (κ3) is 4.52. The third-order valence-corrected chi connectivity index (χ3v) is 4.72. The number of ether oxygens (including phenoxy) is 1. The number of anilines is 5. The standard InChI is InChI=1S/C22H25N5O/c1-2-28-20-11-7-18(8-12-20)26-22-15-21(23-16-24-22)25-17-5-9-19(10-6-17)27-13-3-4-14-27/h5-12,15-16H,2-4,13-14H2,1H3,(H2,23,24,25,26). The van der Waals surface area contributed by atoms with E-state index in [9.17, 15) is 0 Å². The van der Waals surface area contributed by atoms with Gasteiger partial charge in [-0.3, -0.25) is 0 Å². The number of aromatic nitrogens is 2. The van der Waals surface area contributed by atoms with E-state index in [1.165, 1.54) is 18.5 Å². The number of hydrogen-bond acceptors (Lipinski definition) is 6. The van der Waals surface area contributed by atoms with Gasteiger partial charge in [0.15, 0.2) is 0 Å². The summed E-state index contributed by atoms with van der Waals surface area (Å²) in [6.45, 7) is 4.94. The van der Waals surface area contributed by atoms with Crippen molar-refractivity contribution in [2.45, 2.75) is 19.8 Å². The zero-order valence-electron chi connectivity index (χ0n) is 16.1. The van der Waals surface area contributed by atoms with Crippen LogP contribution in [0.3, 0.4) is 0 Å². The van der Waals surface area contributed by atoms with Crippen molar-refractivity contribution in [3.8, 4) is 5.75 Å². The lowest BCUT2D eigenvalue weighted by molar-refractivity contribution is 0.340. The van der Waals surface area contributed by atoms with Crippen LogP contribution < -0.4 is 20.3 Å².